The Labute approximate surface area is 132 Å². The minimum Gasteiger partial charge on any atom is -0.383 e. The fourth-order valence-electron chi connectivity index (χ4n) is 2.06. The van der Waals surface area contributed by atoms with Crippen molar-refractivity contribution in [2.45, 2.75) is 19.3 Å². The largest absolute Gasteiger partial charge is 0.383 e. The maximum absolute atomic E-state index is 11.7. The van der Waals surface area contributed by atoms with Gasteiger partial charge in [0.1, 0.15) is 9.84 Å². The van der Waals surface area contributed by atoms with Crippen LogP contribution >= 0.6 is 11.6 Å². The average Bonchev–Trinajstić information content (AvgIpc) is 2.46. The van der Waals surface area contributed by atoms with Crippen molar-refractivity contribution in [1.82, 2.24) is 5.32 Å². The summed E-state index contributed by atoms with van der Waals surface area (Å²) in [5.74, 6) is 0.515. The topological polar surface area (TPSA) is 55.4 Å². The number of sulfone groups is 1. The molecule has 120 valence electrons. The first kappa shape index (κ1) is 18.4. The molecule has 1 rings (SSSR count). The molecular formula is C15H24ClNO3S. The van der Waals surface area contributed by atoms with Crippen LogP contribution < -0.4 is 5.32 Å². The monoisotopic (exact) mass is 333 g/mol. The third-order valence-electron chi connectivity index (χ3n) is 3.41. The van der Waals surface area contributed by atoms with E-state index in [1.807, 2.05) is 24.3 Å². The number of benzene rings is 1. The zero-order valence-corrected chi connectivity index (χ0v) is 14.2. The highest BCUT2D eigenvalue weighted by Crippen LogP contribution is 2.23. The average molecular weight is 334 g/mol. The first-order valence-electron chi connectivity index (χ1n) is 7.14. The summed E-state index contributed by atoms with van der Waals surface area (Å²) in [4.78, 5) is 0. The molecule has 0 aliphatic rings. The van der Waals surface area contributed by atoms with Gasteiger partial charge in [0, 0.05) is 31.0 Å². The van der Waals surface area contributed by atoms with Gasteiger partial charge in [-0.2, -0.15) is 0 Å². The van der Waals surface area contributed by atoms with Crippen molar-refractivity contribution >= 4 is 21.4 Å². The molecule has 0 aliphatic carbocycles. The maximum atomic E-state index is 11.7. The molecule has 0 bridgehead atoms. The van der Waals surface area contributed by atoms with Crippen molar-refractivity contribution < 1.29 is 13.2 Å². The van der Waals surface area contributed by atoms with Gasteiger partial charge in [0.05, 0.1) is 12.4 Å². The maximum Gasteiger partial charge on any atom is 0.150 e. The molecule has 6 heteroatoms. The molecule has 0 spiro atoms. The Bertz CT molecular complexity index is 519. The van der Waals surface area contributed by atoms with E-state index >= 15 is 0 Å². The molecule has 0 heterocycles. The van der Waals surface area contributed by atoms with E-state index in [1.165, 1.54) is 0 Å². The van der Waals surface area contributed by atoms with E-state index in [-0.39, 0.29) is 17.4 Å². The van der Waals surface area contributed by atoms with Crippen LogP contribution in [0.2, 0.25) is 5.02 Å². The van der Waals surface area contributed by atoms with Crippen LogP contribution in [0.5, 0.6) is 0 Å². The fourth-order valence-corrected chi connectivity index (χ4v) is 3.19. The summed E-state index contributed by atoms with van der Waals surface area (Å²) in [6.07, 6.45) is 0.594. The summed E-state index contributed by atoms with van der Waals surface area (Å²) >= 11 is 6.03. The molecule has 1 aromatic rings. The predicted molar refractivity (Wildman–Crippen MR) is 87.9 cm³/mol. The van der Waals surface area contributed by atoms with E-state index in [0.29, 0.717) is 24.6 Å². The Kier molecular flexibility index (Phi) is 8.26. The van der Waals surface area contributed by atoms with Crippen LogP contribution in [-0.2, 0) is 14.6 Å². The van der Waals surface area contributed by atoms with Gasteiger partial charge in [-0.15, -0.1) is 0 Å². The van der Waals surface area contributed by atoms with Gasteiger partial charge in [-0.1, -0.05) is 30.7 Å². The zero-order valence-electron chi connectivity index (χ0n) is 12.6. The van der Waals surface area contributed by atoms with Crippen molar-refractivity contribution in [2.24, 2.45) is 0 Å². The summed E-state index contributed by atoms with van der Waals surface area (Å²) in [7, 11) is -1.30. The van der Waals surface area contributed by atoms with Gasteiger partial charge in [0.15, 0.2) is 0 Å². The van der Waals surface area contributed by atoms with Gasteiger partial charge in [-0.05, 0) is 30.0 Å². The zero-order chi connectivity index (χ0) is 15.7. The van der Waals surface area contributed by atoms with E-state index < -0.39 is 9.84 Å². The highest BCUT2D eigenvalue weighted by atomic mass is 35.5. The molecule has 21 heavy (non-hydrogen) atoms. The van der Waals surface area contributed by atoms with Crippen LogP contribution in [0, 0.1) is 0 Å². The molecule has 0 aromatic heterocycles. The summed E-state index contributed by atoms with van der Waals surface area (Å²) < 4.78 is 28.4. The number of rotatable bonds is 10. The number of nitrogens with one attached hydrogen (secondary N) is 1. The second-order valence-electron chi connectivity index (χ2n) is 4.97. The number of methoxy groups -OCH3 is 1. The lowest BCUT2D eigenvalue weighted by Gasteiger charge is -2.18. The van der Waals surface area contributed by atoms with E-state index in [9.17, 15) is 8.42 Å². The van der Waals surface area contributed by atoms with Crippen LogP contribution in [0.4, 0.5) is 0 Å². The third-order valence-corrected chi connectivity index (χ3v) is 5.38. The third kappa shape index (κ3) is 7.27. The van der Waals surface area contributed by atoms with Crippen molar-refractivity contribution in [2.75, 3.05) is 38.3 Å². The Morgan fingerprint density at radius 1 is 1.38 bits per heavy atom. The second-order valence-corrected chi connectivity index (χ2v) is 7.88. The number of ether oxygens (including phenoxy) is 1. The van der Waals surface area contributed by atoms with Crippen LogP contribution in [0.25, 0.3) is 0 Å². The van der Waals surface area contributed by atoms with Crippen LogP contribution in [0.1, 0.15) is 24.8 Å². The van der Waals surface area contributed by atoms with E-state index in [0.717, 1.165) is 12.1 Å². The summed E-state index contributed by atoms with van der Waals surface area (Å²) in [5.41, 5.74) is 1.07. The summed E-state index contributed by atoms with van der Waals surface area (Å²) in [6, 6.07) is 7.62. The number of halogens is 1. The molecule has 0 aliphatic heterocycles. The van der Waals surface area contributed by atoms with E-state index in [4.69, 9.17) is 16.3 Å². The SMILES string of the molecule is CCS(=O)(=O)CCC(CNCCOC)c1cccc(Cl)c1. The molecule has 0 amide bonds. The van der Waals surface area contributed by atoms with E-state index in [2.05, 4.69) is 5.32 Å². The molecule has 0 saturated heterocycles. The standard InChI is InChI=1S/C15H24ClNO3S/c1-3-21(18,19)10-7-14(12-17-8-9-20-2)13-5-4-6-15(16)11-13/h4-6,11,14,17H,3,7-10,12H2,1-2H3. The van der Waals surface area contributed by atoms with Gasteiger partial charge in [-0.25, -0.2) is 8.42 Å². The van der Waals surface area contributed by atoms with Crippen molar-refractivity contribution in [3.05, 3.63) is 34.9 Å². The Balaban J connectivity index is 2.70. The summed E-state index contributed by atoms with van der Waals surface area (Å²) in [6.45, 7) is 3.77. The van der Waals surface area contributed by atoms with Crippen LogP contribution in [-0.4, -0.2) is 46.7 Å². The molecule has 4 nitrogen and oxygen atoms in total. The first-order valence-corrected chi connectivity index (χ1v) is 9.34. The van der Waals surface area contributed by atoms with Gasteiger partial charge in [0.2, 0.25) is 0 Å². The first-order chi connectivity index (χ1) is 9.98. The number of hydrogen-bond donors (Lipinski definition) is 1. The Morgan fingerprint density at radius 3 is 2.76 bits per heavy atom. The minimum atomic E-state index is -2.95. The van der Waals surface area contributed by atoms with Crippen molar-refractivity contribution in [1.29, 1.82) is 0 Å². The Morgan fingerprint density at radius 2 is 2.14 bits per heavy atom. The van der Waals surface area contributed by atoms with Gasteiger partial charge in [0.25, 0.3) is 0 Å². The molecule has 1 unspecified atom stereocenters. The van der Waals surface area contributed by atoms with Crippen LogP contribution in [0.15, 0.2) is 24.3 Å². The molecule has 0 fully saturated rings. The second kappa shape index (κ2) is 9.41. The molecule has 1 aromatic carbocycles. The summed E-state index contributed by atoms with van der Waals surface area (Å²) in [5, 5.41) is 3.97. The lowest BCUT2D eigenvalue weighted by atomic mass is 9.96. The highest BCUT2D eigenvalue weighted by Gasteiger charge is 2.16. The van der Waals surface area contributed by atoms with Gasteiger partial charge >= 0.3 is 0 Å². The van der Waals surface area contributed by atoms with Gasteiger partial charge in [-0.3, -0.25) is 0 Å². The van der Waals surface area contributed by atoms with Crippen LogP contribution in [0.3, 0.4) is 0 Å². The minimum absolute atomic E-state index is 0.127. The molecule has 0 saturated carbocycles. The highest BCUT2D eigenvalue weighted by molar-refractivity contribution is 7.91. The molecule has 1 atom stereocenters. The fraction of sp³-hybridized carbons (Fsp3) is 0.600. The lowest BCUT2D eigenvalue weighted by molar-refractivity contribution is 0.199. The quantitative estimate of drug-likeness (QED) is 0.668. The molecule has 1 N–H and O–H groups in total. The smallest absolute Gasteiger partial charge is 0.150 e. The van der Waals surface area contributed by atoms with Crippen molar-refractivity contribution in [3.8, 4) is 0 Å². The molecule has 0 radical (unpaired) electrons. The normalized spacial score (nSPS) is 13.3. The Hall–Kier alpha value is -0.620. The van der Waals surface area contributed by atoms with Gasteiger partial charge < -0.3 is 10.1 Å². The van der Waals surface area contributed by atoms with Crippen molar-refractivity contribution in [3.63, 3.8) is 0 Å². The molecular weight excluding hydrogens is 310 g/mol. The predicted octanol–water partition coefficient (Wildman–Crippen LogP) is 2.48. The lowest BCUT2D eigenvalue weighted by Crippen LogP contribution is -2.26. The van der Waals surface area contributed by atoms with E-state index in [1.54, 1.807) is 14.0 Å². The number of hydrogen-bond acceptors (Lipinski definition) is 4.